The van der Waals surface area contributed by atoms with Crippen LogP contribution in [0.4, 0.5) is 5.82 Å². The maximum absolute atomic E-state index is 4.76. The van der Waals surface area contributed by atoms with Crippen LogP contribution in [0.2, 0.25) is 0 Å². The molecule has 1 aromatic heterocycles. The monoisotopic (exact) mass is 285 g/mol. The fourth-order valence-corrected chi connectivity index (χ4v) is 3.13. The summed E-state index contributed by atoms with van der Waals surface area (Å²) in [6, 6.07) is 0.528. The van der Waals surface area contributed by atoms with Crippen LogP contribution >= 0.6 is 15.9 Å². The van der Waals surface area contributed by atoms with E-state index in [1.807, 2.05) is 0 Å². The summed E-state index contributed by atoms with van der Waals surface area (Å²) in [5.74, 6) is 2.25. The molecule has 0 saturated carbocycles. The Morgan fingerprint density at radius 3 is 2.62 bits per heavy atom. The number of hydrogen-bond acceptors (Lipinski definition) is 2. The van der Waals surface area contributed by atoms with Gasteiger partial charge in [0, 0.05) is 6.54 Å². The SMILES string of the molecule is CC(C)c1nn2c(c1Br)NCCC2C(C)C. The third kappa shape index (κ3) is 1.88. The van der Waals surface area contributed by atoms with Gasteiger partial charge in [0.15, 0.2) is 0 Å². The Morgan fingerprint density at radius 1 is 1.38 bits per heavy atom. The van der Waals surface area contributed by atoms with Crippen molar-refractivity contribution in [2.75, 3.05) is 11.9 Å². The number of anilines is 1. The van der Waals surface area contributed by atoms with Gasteiger partial charge in [0.2, 0.25) is 0 Å². The first-order chi connectivity index (χ1) is 7.52. The van der Waals surface area contributed by atoms with E-state index in [0.29, 0.717) is 17.9 Å². The Bertz CT molecular complexity index is 382. The van der Waals surface area contributed by atoms with Crippen molar-refractivity contribution >= 4 is 21.7 Å². The lowest BCUT2D eigenvalue weighted by atomic mass is 10.00. The van der Waals surface area contributed by atoms with E-state index in [1.165, 1.54) is 0 Å². The summed E-state index contributed by atoms with van der Waals surface area (Å²) in [7, 11) is 0. The van der Waals surface area contributed by atoms with Crippen LogP contribution in [0.5, 0.6) is 0 Å². The molecule has 2 heterocycles. The summed E-state index contributed by atoms with van der Waals surface area (Å²) in [6.07, 6.45) is 1.16. The van der Waals surface area contributed by atoms with Crippen molar-refractivity contribution in [3.63, 3.8) is 0 Å². The number of fused-ring (bicyclic) bond motifs is 1. The van der Waals surface area contributed by atoms with Crippen molar-refractivity contribution in [1.29, 1.82) is 0 Å². The highest BCUT2D eigenvalue weighted by molar-refractivity contribution is 9.10. The van der Waals surface area contributed by atoms with E-state index in [1.54, 1.807) is 0 Å². The number of nitrogens with zero attached hydrogens (tertiary/aromatic N) is 2. The first-order valence-corrected chi connectivity index (χ1v) is 6.83. The second-order valence-electron chi connectivity index (χ2n) is 5.17. The molecule has 0 aromatic carbocycles. The van der Waals surface area contributed by atoms with Gasteiger partial charge in [0.05, 0.1) is 16.2 Å². The van der Waals surface area contributed by atoms with Crippen LogP contribution in [0, 0.1) is 5.92 Å². The van der Waals surface area contributed by atoms with Gasteiger partial charge in [-0.3, -0.25) is 0 Å². The summed E-state index contributed by atoms with van der Waals surface area (Å²) in [6.45, 7) is 9.95. The number of aromatic nitrogens is 2. The van der Waals surface area contributed by atoms with Gasteiger partial charge in [0.1, 0.15) is 5.82 Å². The van der Waals surface area contributed by atoms with Crippen LogP contribution in [0.25, 0.3) is 0 Å². The van der Waals surface area contributed by atoms with Crippen molar-refractivity contribution in [2.24, 2.45) is 5.92 Å². The van der Waals surface area contributed by atoms with Crippen LogP contribution in [-0.4, -0.2) is 16.3 Å². The van der Waals surface area contributed by atoms with Gasteiger partial charge in [0.25, 0.3) is 0 Å². The molecule has 2 rings (SSSR count). The summed E-state index contributed by atoms with van der Waals surface area (Å²) >= 11 is 3.67. The summed E-state index contributed by atoms with van der Waals surface area (Å²) in [4.78, 5) is 0. The second-order valence-corrected chi connectivity index (χ2v) is 5.97. The molecule has 0 saturated heterocycles. The Balaban J connectivity index is 2.46. The highest BCUT2D eigenvalue weighted by atomic mass is 79.9. The molecule has 1 atom stereocenters. The largest absolute Gasteiger partial charge is 0.369 e. The lowest BCUT2D eigenvalue weighted by Crippen LogP contribution is -2.27. The molecule has 0 amide bonds. The van der Waals surface area contributed by atoms with Gasteiger partial charge in [-0.2, -0.15) is 5.10 Å². The van der Waals surface area contributed by atoms with E-state index in [4.69, 9.17) is 5.10 Å². The molecule has 90 valence electrons. The van der Waals surface area contributed by atoms with Crippen molar-refractivity contribution < 1.29 is 0 Å². The third-order valence-electron chi connectivity index (χ3n) is 3.24. The fourth-order valence-electron chi connectivity index (χ4n) is 2.28. The van der Waals surface area contributed by atoms with Crippen molar-refractivity contribution in [2.45, 2.75) is 46.1 Å². The minimum atomic E-state index is 0.460. The first kappa shape index (κ1) is 12.0. The highest BCUT2D eigenvalue weighted by Crippen LogP contribution is 2.38. The zero-order chi connectivity index (χ0) is 11.9. The summed E-state index contributed by atoms with van der Waals surface area (Å²) < 4.78 is 3.32. The molecule has 16 heavy (non-hydrogen) atoms. The molecule has 4 heteroatoms. The second kappa shape index (κ2) is 4.40. The van der Waals surface area contributed by atoms with E-state index in [2.05, 4.69) is 53.6 Å². The van der Waals surface area contributed by atoms with E-state index in [9.17, 15) is 0 Å². The number of halogens is 1. The van der Waals surface area contributed by atoms with Crippen LogP contribution in [0.3, 0.4) is 0 Å². The van der Waals surface area contributed by atoms with Crippen LogP contribution in [0.15, 0.2) is 4.47 Å². The maximum atomic E-state index is 4.76. The minimum absolute atomic E-state index is 0.460. The van der Waals surface area contributed by atoms with Gasteiger partial charge in [-0.15, -0.1) is 0 Å². The number of nitrogens with one attached hydrogen (secondary N) is 1. The Kier molecular flexibility index (Phi) is 3.29. The van der Waals surface area contributed by atoms with Gasteiger partial charge in [-0.05, 0) is 34.2 Å². The van der Waals surface area contributed by atoms with Crippen molar-refractivity contribution in [1.82, 2.24) is 9.78 Å². The Labute approximate surface area is 106 Å². The van der Waals surface area contributed by atoms with E-state index in [0.717, 1.165) is 29.0 Å². The molecule has 1 aliphatic heterocycles. The standard InChI is InChI=1S/C12H20BrN3/c1-7(2)9-5-6-14-12-10(13)11(8(3)4)15-16(9)12/h7-9,14H,5-6H2,1-4H3. The Morgan fingerprint density at radius 2 is 2.06 bits per heavy atom. The molecule has 1 unspecified atom stereocenters. The highest BCUT2D eigenvalue weighted by Gasteiger charge is 2.27. The van der Waals surface area contributed by atoms with E-state index < -0.39 is 0 Å². The fraction of sp³-hybridized carbons (Fsp3) is 0.750. The molecule has 1 N–H and O–H groups in total. The minimum Gasteiger partial charge on any atom is -0.369 e. The quantitative estimate of drug-likeness (QED) is 0.896. The lowest BCUT2D eigenvalue weighted by Gasteiger charge is -2.28. The predicted octanol–water partition coefficient (Wildman–Crippen LogP) is 3.78. The number of hydrogen-bond donors (Lipinski definition) is 1. The topological polar surface area (TPSA) is 29.9 Å². The first-order valence-electron chi connectivity index (χ1n) is 6.04. The lowest BCUT2D eigenvalue weighted by molar-refractivity contribution is 0.321. The molecule has 1 aromatic rings. The zero-order valence-corrected chi connectivity index (χ0v) is 12.0. The normalized spacial score (nSPS) is 20.1. The smallest absolute Gasteiger partial charge is 0.139 e. The molecule has 0 aliphatic carbocycles. The van der Waals surface area contributed by atoms with Crippen LogP contribution < -0.4 is 5.32 Å². The average molecular weight is 286 g/mol. The summed E-state index contributed by atoms with van der Waals surface area (Å²) in [5, 5.41) is 8.20. The predicted molar refractivity (Wildman–Crippen MR) is 71.0 cm³/mol. The van der Waals surface area contributed by atoms with Gasteiger partial charge in [-0.1, -0.05) is 27.7 Å². The molecular formula is C12H20BrN3. The molecule has 3 nitrogen and oxygen atoms in total. The zero-order valence-electron chi connectivity index (χ0n) is 10.4. The molecule has 1 aliphatic rings. The van der Waals surface area contributed by atoms with Gasteiger partial charge in [-0.25, -0.2) is 4.68 Å². The van der Waals surface area contributed by atoms with Gasteiger partial charge >= 0.3 is 0 Å². The molecule has 0 spiro atoms. The van der Waals surface area contributed by atoms with Crippen LogP contribution in [-0.2, 0) is 0 Å². The Hall–Kier alpha value is -0.510. The van der Waals surface area contributed by atoms with E-state index in [-0.39, 0.29) is 0 Å². The number of rotatable bonds is 2. The van der Waals surface area contributed by atoms with E-state index >= 15 is 0 Å². The molecular weight excluding hydrogens is 266 g/mol. The van der Waals surface area contributed by atoms with Crippen molar-refractivity contribution in [3.05, 3.63) is 10.2 Å². The summed E-state index contributed by atoms with van der Waals surface area (Å²) in [5.41, 5.74) is 1.16. The van der Waals surface area contributed by atoms with Crippen LogP contribution in [0.1, 0.15) is 51.8 Å². The average Bonchev–Trinajstić information content (AvgIpc) is 2.56. The third-order valence-corrected chi connectivity index (χ3v) is 4.02. The maximum Gasteiger partial charge on any atom is 0.139 e. The molecule has 0 radical (unpaired) electrons. The van der Waals surface area contributed by atoms with Crippen molar-refractivity contribution in [3.8, 4) is 0 Å². The van der Waals surface area contributed by atoms with Gasteiger partial charge < -0.3 is 5.32 Å². The molecule has 0 fully saturated rings. The molecule has 0 bridgehead atoms.